The Morgan fingerprint density at radius 3 is 2.42 bits per heavy atom. The number of carbonyl (C=O) groups excluding carboxylic acids is 1. The molecule has 0 atom stereocenters. The van der Waals surface area contributed by atoms with Crippen molar-refractivity contribution in [3.8, 4) is 0 Å². The maximum absolute atomic E-state index is 11.8. The highest BCUT2D eigenvalue weighted by Crippen LogP contribution is 2.21. The largest absolute Gasteiger partial charge is 0.440 e. The highest BCUT2D eigenvalue weighted by Gasteiger charge is 2.29. The van der Waals surface area contributed by atoms with Crippen molar-refractivity contribution in [1.29, 1.82) is 0 Å². The molecule has 0 heterocycles. The Labute approximate surface area is 107 Å². The molecule has 0 aliphatic heterocycles. The van der Waals surface area contributed by atoms with Crippen LogP contribution in [0.3, 0.4) is 0 Å². The quantitative estimate of drug-likeness (QED) is 0.928. The van der Waals surface area contributed by atoms with E-state index < -0.39 is 28.7 Å². The Morgan fingerprint density at radius 2 is 1.89 bits per heavy atom. The molecule has 0 fully saturated rings. The number of nitrogens with one attached hydrogen (secondary N) is 1. The van der Waals surface area contributed by atoms with Crippen molar-refractivity contribution in [2.45, 2.75) is 11.1 Å². The van der Waals surface area contributed by atoms with Gasteiger partial charge in [-0.1, -0.05) is 12.1 Å². The van der Waals surface area contributed by atoms with E-state index >= 15 is 0 Å². The molecule has 1 aromatic rings. The third-order valence-corrected chi connectivity index (χ3v) is 3.05. The van der Waals surface area contributed by atoms with E-state index in [1.807, 2.05) is 5.32 Å². The molecule has 0 aromatic heterocycles. The smallest absolute Gasteiger partial charge is 0.422 e. The first-order chi connectivity index (χ1) is 8.59. The van der Waals surface area contributed by atoms with E-state index in [1.54, 1.807) is 0 Å². The summed E-state index contributed by atoms with van der Waals surface area (Å²) in [6.07, 6.45) is -5.11. The Morgan fingerprint density at radius 1 is 1.32 bits per heavy atom. The van der Waals surface area contributed by atoms with Crippen molar-refractivity contribution in [2.75, 3.05) is 18.2 Å². The van der Waals surface area contributed by atoms with Gasteiger partial charge in [-0.3, -0.25) is 5.32 Å². The van der Waals surface area contributed by atoms with E-state index in [0.29, 0.717) is 0 Å². The van der Waals surface area contributed by atoms with Gasteiger partial charge in [0.05, 0.1) is 10.6 Å². The highest BCUT2D eigenvalue weighted by molar-refractivity contribution is 7.90. The van der Waals surface area contributed by atoms with Gasteiger partial charge < -0.3 is 4.74 Å². The number of benzene rings is 1. The first kappa shape index (κ1) is 15.3. The van der Waals surface area contributed by atoms with Crippen LogP contribution in [0.2, 0.25) is 0 Å². The summed E-state index contributed by atoms with van der Waals surface area (Å²) in [5, 5.41) is 1.95. The van der Waals surface area contributed by atoms with E-state index in [2.05, 4.69) is 4.74 Å². The SMILES string of the molecule is CS(=O)(=O)c1ccccc1NC(=O)OCC(F)(F)F. The first-order valence-corrected chi connectivity index (χ1v) is 6.78. The lowest BCUT2D eigenvalue weighted by molar-refractivity contribution is -0.159. The van der Waals surface area contributed by atoms with Crippen LogP contribution in [0.25, 0.3) is 0 Å². The Balaban J connectivity index is 2.81. The van der Waals surface area contributed by atoms with Crippen LogP contribution in [0.15, 0.2) is 29.2 Å². The molecule has 5 nitrogen and oxygen atoms in total. The number of halogens is 3. The second kappa shape index (κ2) is 5.47. The Kier molecular flexibility index (Phi) is 4.40. The van der Waals surface area contributed by atoms with Crippen LogP contribution >= 0.6 is 0 Å². The molecule has 0 aliphatic rings. The average molecular weight is 297 g/mol. The second-order valence-corrected chi connectivity index (χ2v) is 5.57. The summed E-state index contributed by atoms with van der Waals surface area (Å²) in [7, 11) is -3.61. The number of hydrogen-bond donors (Lipinski definition) is 1. The molecule has 0 saturated heterocycles. The lowest BCUT2D eigenvalue weighted by Gasteiger charge is -2.11. The summed E-state index contributed by atoms with van der Waals surface area (Å²) in [6.45, 7) is -1.75. The summed E-state index contributed by atoms with van der Waals surface area (Å²) >= 11 is 0. The average Bonchev–Trinajstić information content (AvgIpc) is 2.25. The van der Waals surface area contributed by atoms with Crippen LogP contribution in [-0.4, -0.2) is 33.5 Å². The van der Waals surface area contributed by atoms with Crippen molar-refractivity contribution >= 4 is 21.6 Å². The third-order valence-electron chi connectivity index (χ3n) is 1.89. The fourth-order valence-corrected chi connectivity index (χ4v) is 2.03. The maximum atomic E-state index is 11.8. The molecule has 0 aliphatic carbocycles. The predicted octanol–water partition coefficient (Wildman–Crippen LogP) is 2.20. The van der Waals surface area contributed by atoms with Crippen molar-refractivity contribution in [2.24, 2.45) is 0 Å². The van der Waals surface area contributed by atoms with Crippen molar-refractivity contribution in [1.82, 2.24) is 0 Å². The molecule has 9 heteroatoms. The van der Waals surface area contributed by atoms with E-state index in [-0.39, 0.29) is 10.6 Å². The standard InChI is InChI=1S/C10H10F3NO4S/c1-19(16,17)8-5-3-2-4-7(8)14-9(15)18-6-10(11,12)13/h2-5H,6H2,1H3,(H,14,15). The molecule has 0 radical (unpaired) electrons. The van der Waals surface area contributed by atoms with Crippen molar-refractivity contribution < 1.29 is 31.1 Å². The van der Waals surface area contributed by atoms with Crippen LogP contribution in [-0.2, 0) is 14.6 Å². The van der Waals surface area contributed by atoms with Crippen molar-refractivity contribution in [3.05, 3.63) is 24.3 Å². The number of sulfone groups is 1. The lowest BCUT2D eigenvalue weighted by Crippen LogP contribution is -2.24. The van der Waals surface area contributed by atoms with E-state index in [0.717, 1.165) is 6.26 Å². The van der Waals surface area contributed by atoms with Gasteiger partial charge in [-0.25, -0.2) is 13.2 Å². The maximum Gasteiger partial charge on any atom is 0.422 e. The molecular weight excluding hydrogens is 287 g/mol. The number of ether oxygens (including phenoxy) is 1. The van der Waals surface area contributed by atoms with Gasteiger partial charge in [0.1, 0.15) is 0 Å². The number of amides is 1. The molecule has 0 unspecified atom stereocenters. The molecule has 1 N–H and O–H groups in total. The van der Waals surface area contributed by atoms with Gasteiger partial charge in [-0.15, -0.1) is 0 Å². The normalized spacial score (nSPS) is 12.0. The molecule has 106 valence electrons. The number of carbonyl (C=O) groups is 1. The third kappa shape index (κ3) is 5.16. The molecule has 1 amide bonds. The Bertz CT molecular complexity index is 568. The fraction of sp³-hybridized carbons (Fsp3) is 0.300. The molecule has 1 rings (SSSR count). The summed E-state index contributed by atoms with van der Waals surface area (Å²) in [6, 6.07) is 5.30. The Hall–Kier alpha value is -1.77. The number of para-hydroxylation sites is 1. The number of anilines is 1. The van der Waals surface area contributed by atoms with Gasteiger partial charge in [0.25, 0.3) is 0 Å². The minimum Gasteiger partial charge on any atom is -0.440 e. The van der Waals surface area contributed by atoms with Crippen LogP contribution in [0.1, 0.15) is 0 Å². The zero-order valence-electron chi connectivity index (χ0n) is 9.69. The molecule has 0 spiro atoms. The summed E-state index contributed by atoms with van der Waals surface area (Å²) < 4.78 is 62.1. The lowest BCUT2D eigenvalue weighted by atomic mass is 10.3. The predicted molar refractivity (Wildman–Crippen MR) is 60.6 cm³/mol. The topological polar surface area (TPSA) is 72.5 Å². The van der Waals surface area contributed by atoms with Gasteiger partial charge in [0, 0.05) is 6.26 Å². The number of hydrogen-bond acceptors (Lipinski definition) is 4. The molecule has 19 heavy (non-hydrogen) atoms. The van der Waals surface area contributed by atoms with Gasteiger partial charge in [0.15, 0.2) is 16.4 Å². The van der Waals surface area contributed by atoms with Gasteiger partial charge in [-0.2, -0.15) is 13.2 Å². The van der Waals surface area contributed by atoms with Crippen molar-refractivity contribution in [3.63, 3.8) is 0 Å². The minimum atomic E-state index is -4.65. The van der Waals surface area contributed by atoms with E-state index in [9.17, 15) is 26.4 Å². The number of alkyl halides is 3. The van der Waals surface area contributed by atoms with Gasteiger partial charge in [0.2, 0.25) is 0 Å². The van der Waals surface area contributed by atoms with E-state index in [4.69, 9.17) is 0 Å². The van der Waals surface area contributed by atoms with Gasteiger partial charge in [-0.05, 0) is 12.1 Å². The van der Waals surface area contributed by atoms with Crippen LogP contribution in [0.5, 0.6) is 0 Å². The van der Waals surface area contributed by atoms with Crippen LogP contribution in [0, 0.1) is 0 Å². The van der Waals surface area contributed by atoms with Crippen LogP contribution in [0.4, 0.5) is 23.7 Å². The molecule has 1 aromatic carbocycles. The highest BCUT2D eigenvalue weighted by atomic mass is 32.2. The zero-order valence-corrected chi connectivity index (χ0v) is 10.5. The monoisotopic (exact) mass is 297 g/mol. The molecular formula is C10H10F3NO4S. The first-order valence-electron chi connectivity index (χ1n) is 4.89. The summed E-state index contributed by atoms with van der Waals surface area (Å²) in [5.41, 5.74) is -0.142. The molecule has 0 bridgehead atoms. The van der Waals surface area contributed by atoms with Crippen LogP contribution < -0.4 is 5.32 Å². The zero-order chi connectivity index (χ0) is 14.7. The second-order valence-electron chi connectivity index (χ2n) is 3.58. The molecule has 0 saturated carbocycles. The minimum absolute atomic E-state index is 0.142. The number of rotatable bonds is 3. The summed E-state index contributed by atoms with van der Waals surface area (Å²) in [4.78, 5) is 10.9. The van der Waals surface area contributed by atoms with E-state index in [1.165, 1.54) is 24.3 Å². The van der Waals surface area contributed by atoms with Gasteiger partial charge >= 0.3 is 12.3 Å². The summed E-state index contributed by atoms with van der Waals surface area (Å²) in [5.74, 6) is 0. The fourth-order valence-electron chi connectivity index (χ4n) is 1.19.